The minimum absolute atomic E-state index is 0.0467. The molecule has 0 aromatic carbocycles. The van der Waals surface area contributed by atoms with E-state index in [4.69, 9.17) is 15.7 Å². The van der Waals surface area contributed by atoms with E-state index in [9.17, 15) is 4.79 Å². The van der Waals surface area contributed by atoms with Crippen LogP contribution in [0.5, 0.6) is 0 Å². The van der Waals surface area contributed by atoms with E-state index in [1.807, 2.05) is 0 Å². The van der Waals surface area contributed by atoms with Crippen LogP contribution in [0.1, 0.15) is 22.5 Å². The van der Waals surface area contributed by atoms with E-state index in [1.54, 1.807) is 13.2 Å². The topological polar surface area (TPSA) is 110 Å². The SMILES string of the molecule is COCCCNC(=O)c1ccc(C(N)=NO)cn1. The van der Waals surface area contributed by atoms with Crippen LogP contribution in [-0.4, -0.2) is 42.2 Å². The van der Waals surface area contributed by atoms with Crippen molar-refractivity contribution in [3.63, 3.8) is 0 Å². The van der Waals surface area contributed by atoms with Gasteiger partial charge in [0.25, 0.3) is 5.91 Å². The zero-order chi connectivity index (χ0) is 13.4. The quantitative estimate of drug-likeness (QED) is 0.216. The molecule has 0 aliphatic carbocycles. The Morgan fingerprint density at radius 3 is 2.94 bits per heavy atom. The molecule has 4 N–H and O–H groups in total. The van der Waals surface area contributed by atoms with Crippen molar-refractivity contribution in [1.29, 1.82) is 0 Å². The molecular formula is C11H16N4O3. The lowest BCUT2D eigenvalue weighted by molar-refractivity contribution is 0.0943. The van der Waals surface area contributed by atoms with Crippen LogP contribution in [0.3, 0.4) is 0 Å². The molecule has 1 heterocycles. The van der Waals surface area contributed by atoms with Crippen LogP contribution in [0.15, 0.2) is 23.5 Å². The molecule has 0 bridgehead atoms. The van der Waals surface area contributed by atoms with Crippen LogP contribution in [0.25, 0.3) is 0 Å². The van der Waals surface area contributed by atoms with E-state index in [-0.39, 0.29) is 17.4 Å². The molecule has 0 atom stereocenters. The Balaban J connectivity index is 2.54. The Morgan fingerprint density at radius 2 is 2.39 bits per heavy atom. The molecule has 0 radical (unpaired) electrons. The predicted molar refractivity (Wildman–Crippen MR) is 65.6 cm³/mol. The second-order valence-electron chi connectivity index (χ2n) is 3.52. The number of rotatable bonds is 6. The number of amides is 1. The molecule has 18 heavy (non-hydrogen) atoms. The van der Waals surface area contributed by atoms with E-state index in [1.165, 1.54) is 12.3 Å². The van der Waals surface area contributed by atoms with E-state index in [2.05, 4.69) is 15.5 Å². The first-order valence-corrected chi connectivity index (χ1v) is 5.40. The van der Waals surface area contributed by atoms with Crippen molar-refractivity contribution >= 4 is 11.7 Å². The van der Waals surface area contributed by atoms with Crippen molar-refractivity contribution < 1.29 is 14.7 Å². The largest absolute Gasteiger partial charge is 0.409 e. The number of carbonyl (C=O) groups excluding carboxylic acids is 1. The summed E-state index contributed by atoms with van der Waals surface area (Å²) in [4.78, 5) is 15.6. The second-order valence-corrected chi connectivity index (χ2v) is 3.52. The minimum atomic E-state index is -0.267. The molecule has 0 saturated heterocycles. The van der Waals surface area contributed by atoms with E-state index < -0.39 is 0 Å². The molecule has 1 amide bonds. The van der Waals surface area contributed by atoms with Gasteiger partial charge in [0.15, 0.2) is 5.84 Å². The van der Waals surface area contributed by atoms with Gasteiger partial charge < -0.3 is 21.0 Å². The molecule has 1 aromatic rings. The average molecular weight is 252 g/mol. The highest BCUT2D eigenvalue weighted by atomic mass is 16.5. The Morgan fingerprint density at radius 1 is 1.61 bits per heavy atom. The minimum Gasteiger partial charge on any atom is -0.409 e. The van der Waals surface area contributed by atoms with Gasteiger partial charge in [0.05, 0.1) is 0 Å². The van der Waals surface area contributed by atoms with Gasteiger partial charge in [-0.2, -0.15) is 0 Å². The summed E-state index contributed by atoms with van der Waals surface area (Å²) in [5.74, 6) is -0.313. The normalized spacial score (nSPS) is 11.3. The lowest BCUT2D eigenvalue weighted by Crippen LogP contribution is -2.26. The average Bonchev–Trinajstić information content (AvgIpc) is 2.42. The summed E-state index contributed by atoms with van der Waals surface area (Å²) in [6.45, 7) is 1.12. The number of aromatic nitrogens is 1. The molecule has 0 aliphatic rings. The van der Waals surface area contributed by atoms with Crippen LogP contribution >= 0.6 is 0 Å². The lowest BCUT2D eigenvalue weighted by atomic mass is 10.2. The zero-order valence-corrected chi connectivity index (χ0v) is 10.1. The van der Waals surface area contributed by atoms with Crippen molar-refractivity contribution in [3.8, 4) is 0 Å². The number of hydrogen-bond donors (Lipinski definition) is 3. The van der Waals surface area contributed by atoms with Gasteiger partial charge in [-0.25, -0.2) is 0 Å². The first kappa shape index (κ1) is 13.9. The number of carbonyl (C=O) groups is 1. The first-order chi connectivity index (χ1) is 8.69. The highest BCUT2D eigenvalue weighted by Crippen LogP contribution is 2.00. The molecule has 0 fully saturated rings. The lowest BCUT2D eigenvalue weighted by Gasteiger charge is -2.04. The number of amidine groups is 1. The van der Waals surface area contributed by atoms with Gasteiger partial charge in [0.1, 0.15) is 5.69 Å². The second kappa shape index (κ2) is 7.23. The maximum absolute atomic E-state index is 11.6. The number of ether oxygens (including phenoxy) is 1. The molecule has 7 heteroatoms. The number of pyridine rings is 1. The summed E-state index contributed by atoms with van der Waals surface area (Å²) in [7, 11) is 1.61. The number of methoxy groups -OCH3 is 1. The molecule has 7 nitrogen and oxygen atoms in total. The smallest absolute Gasteiger partial charge is 0.269 e. The number of hydrogen-bond acceptors (Lipinski definition) is 5. The predicted octanol–water partition coefficient (Wildman–Crippen LogP) is -0.0576. The maximum atomic E-state index is 11.6. The van der Waals surface area contributed by atoms with Crippen molar-refractivity contribution in [1.82, 2.24) is 10.3 Å². The molecule has 1 rings (SSSR count). The van der Waals surface area contributed by atoms with Gasteiger partial charge >= 0.3 is 0 Å². The summed E-state index contributed by atoms with van der Waals surface area (Å²) < 4.78 is 4.87. The third-order valence-electron chi connectivity index (χ3n) is 2.21. The molecule has 0 saturated carbocycles. The molecule has 1 aromatic heterocycles. The van der Waals surface area contributed by atoms with Crippen molar-refractivity contribution in [2.45, 2.75) is 6.42 Å². The monoisotopic (exact) mass is 252 g/mol. The maximum Gasteiger partial charge on any atom is 0.269 e. The highest BCUT2D eigenvalue weighted by Gasteiger charge is 2.07. The summed E-state index contributed by atoms with van der Waals surface area (Å²) in [5, 5.41) is 14.0. The third-order valence-corrected chi connectivity index (χ3v) is 2.21. The molecule has 0 spiro atoms. The molecule has 0 aliphatic heterocycles. The third kappa shape index (κ3) is 4.02. The Bertz CT molecular complexity index is 417. The zero-order valence-electron chi connectivity index (χ0n) is 10.1. The number of nitrogens with one attached hydrogen (secondary N) is 1. The van der Waals surface area contributed by atoms with Crippen LogP contribution in [-0.2, 0) is 4.74 Å². The van der Waals surface area contributed by atoms with Crippen LogP contribution in [0.4, 0.5) is 0 Å². The van der Waals surface area contributed by atoms with Crippen molar-refractivity contribution in [2.24, 2.45) is 10.9 Å². The van der Waals surface area contributed by atoms with Gasteiger partial charge in [0, 0.05) is 32.0 Å². The molecule has 98 valence electrons. The van der Waals surface area contributed by atoms with Gasteiger partial charge in [-0.05, 0) is 18.6 Å². The summed E-state index contributed by atoms with van der Waals surface area (Å²) >= 11 is 0. The Labute approximate surface area is 105 Å². The fourth-order valence-electron chi connectivity index (χ4n) is 1.25. The van der Waals surface area contributed by atoms with Gasteiger partial charge in [-0.15, -0.1) is 0 Å². The summed E-state index contributed by atoms with van der Waals surface area (Å²) in [5.41, 5.74) is 6.11. The Kier molecular flexibility index (Phi) is 5.59. The van der Waals surface area contributed by atoms with E-state index in [0.29, 0.717) is 18.7 Å². The first-order valence-electron chi connectivity index (χ1n) is 5.40. The highest BCUT2D eigenvalue weighted by molar-refractivity contribution is 5.98. The number of nitrogens with zero attached hydrogens (tertiary/aromatic N) is 2. The molecule has 0 unspecified atom stereocenters. The van der Waals surface area contributed by atoms with E-state index in [0.717, 1.165) is 6.42 Å². The standard InChI is InChI=1S/C11H16N4O3/c1-18-6-2-5-13-11(16)9-4-3-8(7-14-9)10(12)15-17/h3-4,7,17H,2,5-6H2,1H3,(H2,12,15)(H,13,16). The summed E-state index contributed by atoms with van der Waals surface area (Å²) in [6, 6.07) is 3.07. The van der Waals surface area contributed by atoms with Crippen molar-refractivity contribution in [2.75, 3.05) is 20.3 Å². The van der Waals surface area contributed by atoms with Crippen molar-refractivity contribution in [3.05, 3.63) is 29.6 Å². The fraction of sp³-hybridized carbons (Fsp3) is 0.364. The van der Waals surface area contributed by atoms with Crippen LogP contribution < -0.4 is 11.1 Å². The number of oxime groups is 1. The number of nitrogens with two attached hydrogens (primary N) is 1. The Hall–Kier alpha value is -2.15. The fourth-order valence-corrected chi connectivity index (χ4v) is 1.25. The summed E-state index contributed by atoms with van der Waals surface area (Å²) in [6.07, 6.45) is 2.11. The van der Waals surface area contributed by atoms with Crippen LogP contribution in [0.2, 0.25) is 0 Å². The van der Waals surface area contributed by atoms with Gasteiger partial charge in [-0.3, -0.25) is 9.78 Å². The molecular weight excluding hydrogens is 236 g/mol. The van der Waals surface area contributed by atoms with Gasteiger partial charge in [0.2, 0.25) is 0 Å². The van der Waals surface area contributed by atoms with Gasteiger partial charge in [-0.1, -0.05) is 5.16 Å². The van der Waals surface area contributed by atoms with E-state index >= 15 is 0 Å². The van der Waals surface area contributed by atoms with Crippen LogP contribution in [0, 0.1) is 0 Å².